The van der Waals surface area contributed by atoms with E-state index < -0.39 is 0 Å². The molecule has 0 aromatic carbocycles. The third kappa shape index (κ3) is 1.95. The van der Waals surface area contributed by atoms with Crippen LogP contribution in [-0.4, -0.2) is 17.0 Å². The van der Waals surface area contributed by atoms with Gasteiger partial charge in [-0.15, -0.1) is 0 Å². The molecule has 0 aromatic heterocycles. The van der Waals surface area contributed by atoms with Crippen LogP contribution in [0.15, 0.2) is 11.6 Å². The zero-order chi connectivity index (χ0) is 8.43. The third-order valence-electron chi connectivity index (χ3n) is 1.89. The summed E-state index contributed by atoms with van der Waals surface area (Å²) in [4.78, 5) is 11.0. The Kier molecular flexibility index (Phi) is 2.92. The highest BCUT2D eigenvalue weighted by Gasteiger charge is 2.25. The van der Waals surface area contributed by atoms with Gasteiger partial charge in [-0.3, -0.25) is 0 Å². The van der Waals surface area contributed by atoms with Crippen LogP contribution < -0.4 is 0 Å². The van der Waals surface area contributed by atoms with Crippen LogP contribution in [0.2, 0.25) is 0 Å². The Balaban J connectivity index is 2.63. The summed E-state index contributed by atoms with van der Waals surface area (Å²) in [6.45, 7) is 2.14. The summed E-state index contributed by atoms with van der Waals surface area (Å²) in [6.07, 6.45) is 2.86. The van der Waals surface area contributed by atoms with Gasteiger partial charge < -0.3 is 4.74 Å². The lowest BCUT2D eigenvalue weighted by Crippen LogP contribution is -2.04. The molecule has 0 aliphatic heterocycles. The quantitative estimate of drug-likeness (QED) is 0.412. The SMILES string of the molecule is COC(=O)C1=C[C@@H](I)[C@@H](C)C1. The topological polar surface area (TPSA) is 26.3 Å². The van der Waals surface area contributed by atoms with E-state index in [1.54, 1.807) is 0 Å². The molecule has 0 heterocycles. The fourth-order valence-electron chi connectivity index (χ4n) is 1.17. The van der Waals surface area contributed by atoms with Crippen molar-refractivity contribution in [3.8, 4) is 0 Å². The lowest BCUT2D eigenvalue weighted by atomic mass is 10.1. The summed E-state index contributed by atoms with van der Waals surface area (Å²) in [7, 11) is 1.42. The second-order valence-electron chi connectivity index (χ2n) is 2.81. The van der Waals surface area contributed by atoms with Crippen molar-refractivity contribution in [3.05, 3.63) is 11.6 Å². The van der Waals surface area contributed by atoms with E-state index in [-0.39, 0.29) is 5.97 Å². The first kappa shape index (κ1) is 9.03. The smallest absolute Gasteiger partial charge is 0.333 e. The largest absolute Gasteiger partial charge is 0.466 e. The Labute approximate surface area is 80.1 Å². The normalized spacial score (nSPS) is 29.9. The van der Waals surface area contributed by atoms with E-state index in [2.05, 4.69) is 34.3 Å². The van der Waals surface area contributed by atoms with Gasteiger partial charge in [-0.1, -0.05) is 35.6 Å². The maximum Gasteiger partial charge on any atom is 0.333 e. The lowest BCUT2D eigenvalue weighted by Gasteiger charge is -2.04. The maximum atomic E-state index is 11.0. The average molecular weight is 266 g/mol. The number of allylic oxidation sites excluding steroid dienone is 1. The molecule has 0 unspecified atom stereocenters. The van der Waals surface area contributed by atoms with Gasteiger partial charge in [0.15, 0.2) is 0 Å². The van der Waals surface area contributed by atoms with Crippen LogP contribution in [0.1, 0.15) is 13.3 Å². The molecule has 0 amide bonds. The van der Waals surface area contributed by atoms with Crippen molar-refractivity contribution in [3.63, 3.8) is 0 Å². The van der Waals surface area contributed by atoms with Gasteiger partial charge >= 0.3 is 5.97 Å². The monoisotopic (exact) mass is 266 g/mol. The molecule has 0 aromatic rings. The average Bonchev–Trinajstić information content (AvgIpc) is 2.31. The van der Waals surface area contributed by atoms with Crippen molar-refractivity contribution in [2.75, 3.05) is 7.11 Å². The van der Waals surface area contributed by atoms with Crippen molar-refractivity contribution in [2.24, 2.45) is 5.92 Å². The zero-order valence-electron chi connectivity index (χ0n) is 6.63. The van der Waals surface area contributed by atoms with Crippen LogP contribution in [0, 0.1) is 5.92 Å². The first-order valence-corrected chi connectivity index (χ1v) is 4.82. The Morgan fingerprint density at radius 2 is 2.45 bits per heavy atom. The van der Waals surface area contributed by atoms with Gasteiger partial charge in [-0.05, 0) is 12.3 Å². The fraction of sp³-hybridized carbons (Fsp3) is 0.625. The molecule has 3 heteroatoms. The molecule has 11 heavy (non-hydrogen) atoms. The van der Waals surface area contributed by atoms with Gasteiger partial charge in [-0.25, -0.2) is 4.79 Å². The molecule has 0 bridgehead atoms. The first-order chi connectivity index (χ1) is 5.15. The second kappa shape index (κ2) is 3.56. The molecule has 1 rings (SSSR count). The molecule has 0 saturated heterocycles. The summed E-state index contributed by atoms with van der Waals surface area (Å²) in [5, 5.41) is 0. The number of carbonyl (C=O) groups is 1. The van der Waals surface area contributed by atoms with Crippen LogP contribution in [0.5, 0.6) is 0 Å². The van der Waals surface area contributed by atoms with E-state index in [9.17, 15) is 4.79 Å². The first-order valence-electron chi connectivity index (χ1n) is 3.58. The lowest BCUT2D eigenvalue weighted by molar-refractivity contribution is -0.136. The standard InChI is InChI=1S/C8H11IO2/c1-5-3-6(4-7(5)9)8(10)11-2/h4-5,7H,3H2,1-2H3/t5-,7+/m0/s1. The third-order valence-corrected chi connectivity index (χ3v) is 3.48. The van der Waals surface area contributed by atoms with Crippen LogP contribution in [0.4, 0.5) is 0 Å². The zero-order valence-corrected chi connectivity index (χ0v) is 8.79. The number of esters is 1. The van der Waals surface area contributed by atoms with Crippen molar-refractivity contribution >= 4 is 28.6 Å². The predicted molar refractivity (Wildman–Crippen MR) is 51.7 cm³/mol. The Bertz CT molecular complexity index is 198. The van der Waals surface area contributed by atoms with Gasteiger partial charge in [0.1, 0.15) is 0 Å². The van der Waals surface area contributed by atoms with Crippen LogP contribution >= 0.6 is 22.6 Å². The van der Waals surface area contributed by atoms with Crippen molar-refractivity contribution < 1.29 is 9.53 Å². The number of rotatable bonds is 1. The molecule has 2 nitrogen and oxygen atoms in total. The number of halogens is 1. The van der Waals surface area contributed by atoms with Crippen LogP contribution in [-0.2, 0) is 9.53 Å². The van der Waals surface area contributed by atoms with Gasteiger partial charge in [0.05, 0.1) is 7.11 Å². The van der Waals surface area contributed by atoms with Crippen molar-refractivity contribution in [1.82, 2.24) is 0 Å². The molecule has 1 aliphatic rings. The molecule has 1 aliphatic carbocycles. The van der Waals surface area contributed by atoms with E-state index >= 15 is 0 Å². The second-order valence-corrected chi connectivity index (χ2v) is 4.25. The number of alkyl halides is 1. The van der Waals surface area contributed by atoms with Gasteiger partial charge in [0, 0.05) is 9.50 Å². The van der Waals surface area contributed by atoms with E-state index in [0.717, 1.165) is 12.0 Å². The fourth-order valence-corrected chi connectivity index (χ4v) is 1.85. The summed E-state index contributed by atoms with van der Waals surface area (Å²) in [5.41, 5.74) is 0.833. The number of ether oxygens (including phenoxy) is 1. The van der Waals surface area contributed by atoms with Crippen molar-refractivity contribution in [2.45, 2.75) is 17.3 Å². The molecular weight excluding hydrogens is 255 g/mol. The summed E-state index contributed by atoms with van der Waals surface area (Å²) in [5.74, 6) is 0.403. The highest BCUT2D eigenvalue weighted by molar-refractivity contribution is 14.1. The van der Waals surface area contributed by atoms with Crippen LogP contribution in [0.3, 0.4) is 0 Å². The van der Waals surface area contributed by atoms with Crippen molar-refractivity contribution in [1.29, 1.82) is 0 Å². The molecule has 62 valence electrons. The van der Waals surface area contributed by atoms with E-state index in [1.165, 1.54) is 7.11 Å². The number of carbonyl (C=O) groups excluding carboxylic acids is 1. The number of hydrogen-bond donors (Lipinski definition) is 0. The number of hydrogen-bond acceptors (Lipinski definition) is 2. The van der Waals surface area contributed by atoms with E-state index in [4.69, 9.17) is 0 Å². The molecular formula is C8H11IO2. The highest BCUT2D eigenvalue weighted by atomic mass is 127. The molecule has 0 saturated carbocycles. The Morgan fingerprint density at radius 3 is 2.82 bits per heavy atom. The summed E-state index contributed by atoms with van der Waals surface area (Å²) < 4.78 is 5.11. The van der Waals surface area contributed by atoms with Gasteiger partial charge in [0.25, 0.3) is 0 Å². The maximum absolute atomic E-state index is 11.0. The molecule has 0 radical (unpaired) electrons. The summed E-state index contributed by atoms with van der Waals surface area (Å²) in [6, 6.07) is 0. The number of methoxy groups -OCH3 is 1. The molecule has 0 N–H and O–H groups in total. The summed E-state index contributed by atoms with van der Waals surface area (Å²) >= 11 is 2.34. The minimum Gasteiger partial charge on any atom is -0.466 e. The molecule has 0 fully saturated rings. The molecule has 0 spiro atoms. The Hall–Kier alpha value is -0.0600. The van der Waals surface area contributed by atoms with Crippen LogP contribution in [0.25, 0.3) is 0 Å². The van der Waals surface area contributed by atoms with E-state index in [0.29, 0.717) is 9.84 Å². The van der Waals surface area contributed by atoms with Gasteiger partial charge in [-0.2, -0.15) is 0 Å². The van der Waals surface area contributed by atoms with E-state index in [1.807, 2.05) is 6.08 Å². The Morgan fingerprint density at radius 1 is 1.82 bits per heavy atom. The minimum atomic E-state index is -0.170. The minimum absolute atomic E-state index is 0.170. The predicted octanol–water partition coefficient (Wildman–Crippen LogP) is 1.93. The highest BCUT2D eigenvalue weighted by Crippen LogP contribution is 2.30. The van der Waals surface area contributed by atoms with Gasteiger partial charge in [0.2, 0.25) is 0 Å². The molecule has 2 atom stereocenters.